The Balaban J connectivity index is 2.17. The average molecular weight is 301 g/mol. The van der Waals surface area contributed by atoms with Gasteiger partial charge in [-0.25, -0.2) is 4.79 Å². The number of hydrogen-bond donors (Lipinski definition) is 1. The molecule has 0 spiro atoms. The fraction of sp³-hybridized carbons (Fsp3) is 0.294. The molecule has 5 heteroatoms. The molecule has 1 amide bonds. The molecular weight excluding hydrogens is 282 g/mol. The molecule has 2 rings (SSSR count). The molecule has 2 aromatic rings. The molecule has 0 aliphatic heterocycles. The molecule has 1 N–H and O–H groups in total. The summed E-state index contributed by atoms with van der Waals surface area (Å²) in [6.07, 6.45) is 0.0953. The third-order valence-electron chi connectivity index (χ3n) is 3.05. The average Bonchev–Trinajstić information content (AvgIpc) is 2.39. The zero-order chi connectivity index (χ0) is 16.3. The van der Waals surface area contributed by atoms with Gasteiger partial charge in [0.15, 0.2) is 0 Å². The van der Waals surface area contributed by atoms with Crippen LogP contribution in [0, 0.1) is 13.8 Å². The first kappa shape index (κ1) is 15.8. The summed E-state index contributed by atoms with van der Waals surface area (Å²) in [5.41, 5.74) is 1.15. The molecule has 1 aromatic heterocycles. The summed E-state index contributed by atoms with van der Waals surface area (Å²) in [5, 5.41) is 2.78. The van der Waals surface area contributed by atoms with Crippen molar-refractivity contribution >= 4 is 11.6 Å². The lowest BCUT2D eigenvalue weighted by Gasteiger charge is -2.11. The maximum atomic E-state index is 12.3. The summed E-state index contributed by atoms with van der Waals surface area (Å²) in [6.45, 7) is 7.20. The van der Waals surface area contributed by atoms with Crippen LogP contribution in [0.2, 0.25) is 0 Å². The fourth-order valence-corrected chi connectivity index (χ4v) is 2.18. The largest absolute Gasteiger partial charge is 0.491 e. The van der Waals surface area contributed by atoms with Crippen molar-refractivity contribution in [1.82, 2.24) is 0 Å². The highest BCUT2D eigenvalue weighted by atomic mass is 16.5. The lowest BCUT2D eigenvalue weighted by molar-refractivity contribution is 0.102. The summed E-state index contributed by atoms with van der Waals surface area (Å²) in [4.78, 5) is 23.6. The van der Waals surface area contributed by atoms with E-state index in [1.165, 1.54) is 6.07 Å². The molecule has 0 atom stereocenters. The number of rotatable bonds is 4. The monoisotopic (exact) mass is 301 g/mol. The van der Waals surface area contributed by atoms with E-state index in [2.05, 4.69) is 5.32 Å². The van der Waals surface area contributed by atoms with E-state index in [9.17, 15) is 9.59 Å². The number of hydrogen-bond acceptors (Lipinski definition) is 4. The third-order valence-corrected chi connectivity index (χ3v) is 3.05. The van der Waals surface area contributed by atoms with Crippen LogP contribution in [-0.2, 0) is 0 Å². The molecule has 0 saturated carbocycles. The van der Waals surface area contributed by atoms with Gasteiger partial charge in [0.25, 0.3) is 5.91 Å². The summed E-state index contributed by atoms with van der Waals surface area (Å²) < 4.78 is 10.5. The Morgan fingerprint density at radius 2 is 1.82 bits per heavy atom. The molecule has 1 aromatic carbocycles. The molecule has 22 heavy (non-hydrogen) atoms. The van der Waals surface area contributed by atoms with Crippen molar-refractivity contribution in [2.75, 3.05) is 5.32 Å². The third kappa shape index (κ3) is 3.75. The maximum absolute atomic E-state index is 12.3. The quantitative estimate of drug-likeness (QED) is 0.940. The van der Waals surface area contributed by atoms with Gasteiger partial charge in [0.1, 0.15) is 11.5 Å². The molecule has 5 nitrogen and oxygen atoms in total. The summed E-state index contributed by atoms with van der Waals surface area (Å²) >= 11 is 0. The Morgan fingerprint density at radius 3 is 2.36 bits per heavy atom. The fourth-order valence-electron chi connectivity index (χ4n) is 2.18. The lowest BCUT2D eigenvalue weighted by atomic mass is 10.1. The second-order valence-electron chi connectivity index (χ2n) is 5.32. The van der Waals surface area contributed by atoms with E-state index in [0.29, 0.717) is 22.6 Å². The molecule has 116 valence electrons. The normalized spacial score (nSPS) is 10.6. The van der Waals surface area contributed by atoms with Gasteiger partial charge in [0.05, 0.1) is 11.7 Å². The van der Waals surface area contributed by atoms with Crippen molar-refractivity contribution in [2.45, 2.75) is 33.8 Å². The number of aryl methyl sites for hydroxylation is 2. The van der Waals surface area contributed by atoms with Crippen LogP contribution in [0.5, 0.6) is 5.75 Å². The standard InChI is InChI=1S/C17H19NO4/c1-10(2)21-14-7-5-13(6-8-14)18-17(20)16-11(3)9-15(19)22-12(16)4/h5-10H,1-4H3,(H,18,20). The van der Waals surface area contributed by atoms with Gasteiger partial charge in [-0.15, -0.1) is 0 Å². The lowest BCUT2D eigenvalue weighted by Crippen LogP contribution is -2.17. The number of anilines is 1. The second kappa shape index (κ2) is 6.47. The van der Waals surface area contributed by atoms with Crippen LogP contribution in [0.25, 0.3) is 0 Å². The Hall–Kier alpha value is -2.56. The maximum Gasteiger partial charge on any atom is 0.336 e. The Kier molecular flexibility index (Phi) is 4.65. The van der Waals surface area contributed by atoms with Gasteiger partial charge in [-0.05, 0) is 57.5 Å². The van der Waals surface area contributed by atoms with Crippen LogP contribution in [-0.4, -0.2) is 12.0 Å². The van der Waals surface area contributed by atoms with Gasteiger partial charge in [0, 0.05) is 11.8 Å². The minimum Gasteiger partial charge on any atom is -0.491 e. The van der Waals surface area contributed by atoms with Crippen molar-refractivity contribution in [3.05, 3.63) is 57.6 Å². The highest BCUT2D eigenvalue weighted by Gasteiger charge is 2.15. The zero-order valence-electron chi connectivity index (χ0n) is 13.1. The highest BCUT2D eigenvalue weighted by molar-refractivity contribution is 6.05. The van der Waals surface area contributed by atoms with Crippen molar-refractivity contribution in [1.29, 1.82) is 0 Å². The van der Waals surface area contributed by atoms with Crippen LogP contribution in [0.1, 0.15) is 35.5 Å². The first-order chi connectivity index (χ1) is 10.4. The molecule has 0 unspecified atom stereocenters. The number of nitrogens with one attached hydrogen (secondary N) is 1. The second-order valence-corrected chi connectivity index (χ2v) is 5.32. The first-order valence-electron chi connectivity index (χ1n) is 7.06. The number of carbonyl (C=O) groups is 1. The van der Waals surface area contributed by atoms with E-state index >= 15 is 0 Å². The summed E-state index contributed by atoms with van der Waals surface area (Å²) in [6, 6.07) is 8.42. The van der Waals surface area contributed by atoms with Crippen LogP contribution in [0.3, 0.4) is 0 Å². The van der Waals surface area contributed by atoms with E-state index < -0.39 is 5.63 Å². The van der Waals surface area contributed by atoms with Gasteiger partial charge >= 0.3 is 5.63 Å². The molecule has 0 aliphatic rings. The SMILES string of the molecule is Cc1cc(=O)oc(C)c1C(=O)Nc1ccc(OC(C)C)cc1. The van der Waals surface area contributed by atoms with Crippen LogP contribution in [0.4, 0.5) is 5.69 Å². The smallest absolute Gasteiger partial charge is 0.336 e. The number of benzene rings is 1. The van der Waals surface area contributed by atoms with Gasteiger partial charge in [0.2, 0.25) is 0 Å². The Labute approximate surface area is 128 Å². The summed E-state index contributed by atoms with van der Waals surface area (Å²) in [5.74, 6) is 0.740. The predicted molar refractivity (Wildman–Crippen MR) is 84.6 cm³/mol. The zero-order valence-corrected chi connectivity index (χ0v) is 13.1. The van der Waals surface area contributed by atoms with Gasteiger partial charge in [-0.1, -0.05) is 0 Å². The van der Waals surface area contributed by atoms with Crippen molar-refractivity contribution in [3.63, 3.8) is 0 Å². The molecular formula is C17H19NO4. The molecule has 0 saturated heterocycles. The van der Waals surface area contributed by atoms with Gasteiger partial charge in [-0.3, -0.25) is 4.79 Å². The molecule has 0 radical (unpaired) electrons. The number of amides is 1. The predicted octanol–water partition coefficient (Wildman–Crippen LogP) is 3.30. The van der Waals surface area contributed by atoms with E-state index in [0.717, 1.165) is 5.75 Å². The minimum atomic E-state index is -0.457. The van der Waals surface area contributed by atoms with Gasteiger partial charge in [-0.2, -0.15) is 0 Å². The van der Waals surface area contributed by atoms with E-state index in [4.69, 9.17) is 9.15 Å². The van der Waals surface area contributed by atoms with Gasteiger partial charge < -0.3 is 14.5 Å². The van der Waals surface area contributed by atoms with Crippen molar-refractivity contribution in [2.24, 2.45) is 0 Å². The topological polar surface area (TPSA) is 68.5 Å². The van der Waals surface area contributed by atoms with Crippen LogP contribution < -0.4 is 15.7 Å². The first-order valence-corrected chi connectivity index (χ1v) is 7.06. The Bertz CT molecular complexity index is 703. The Morgan fingerprint density at radius 1 is 1.18 bits per heavy atom. The van der Waals surface area contributed by atoms with Crippen molar-refractivity contribution < 1.29 is 13.9 Å². The van der Waals surface area contributed by atoms with E-state index in [1.54, 1.807) is 38.1 Å². The van der Waals surface area contributed by atoms with Crippen LogP contribution in [0.15, 0.2) is 39.5 Å². The molecule has 0 bridgehead atoms. The number of ether oxygens (including phenoxy) is 1. The highest BCUT2D eigenvalue weighted by Crippen LogP contribution is 2.19. The van der Waals surface area contributed by atoms with Crippen LogP contribution >= 0.6 is 0 Å². The van der Waals surface area contributed by atoms with E-state index in [-0.39, 0.29) is 12.0 Å². The molecule has 0 fully saturated rings. The minimum absolute atomic E-state index is 0.0953. The van der Waals surface area contributed by atoms with Crippen molar-refractivity contribution in [3.8, 4) is 5.75 Å². The summed E-state index contributed by atoms with van der Waals surface area (Å²) in [7, 11) is 0. The molecule has 0 aliphatic carbocycles. The molecule has 1 heterocycles. The van der Waals surface area contributed by atoms with E-state index in [1.807, 2.05) is 13.8 Å². The number of carbonyl (C=O) groups excluding carboxylic acids is 1.